The molecule has 0 atom stereocenters. The number of Topliss-reactive ketones (excluding diaryl/α,β-unsaturated/α-hetero) is 1. The van der Waals surface area contributed by atoms with E-state index in [1.807, 2.05) is 50.4 Å². The van der Waals surface area contributed by atoms with Crippen LogP contribution >= 0.6 is 11.3 Å². The van der Waals surface area contributed by atoms with Crippen molar-refractivity contribution >= 4 is 39.7 Å². The molecule has 3 aromatic heterocycles. The van der Waals surface area contributed by atoms with E-state index in [4.69, 9.17) is 4.98 Å². The maximum Gasteiger partial charge on any atom is 0.225 e. The number of hydrogen-bond acceptors (Lipinski definition) is 5. The monoisotopic (exact) mass is 418 g/mol. The Labute approximate surface area is 178 Å². The van der Waals surface area contributed by atoms with E-state index in [1.54, 1.807) is 16.8 Å². The van der Waals surface area contributed by atoms with E-state index in [0.29, 0.717) is 16.5 Å². The Morgan fingerprint density at radius 1 is 1.03 bits per heavy atom. The van der Waals surface area contributed by atoms with Crippen LogP contribution in [0.25, 0.3) is 16.7 Å². The van der Waals surface area contributed by atoms with Gasteiger partial charge in [0.15, 0.2) is 11.6 Å². The summed E-state index contributed by atoms with van der Waals surface area (Å²) in [6.45, 7) is 5.93. The van der Waals surface area contributed by atoms with Crippen molar-refractivity contribution in [2.24, 2.45) is 0 Å². The van der Waals surface area contributed by atoms with Crippen molar-refractivity contribution in [2.75, 3.05) is 5.32 Å². The molecule has 0 saturated heterocycles. The van der Waals surface area contributed by atoms with Crippen LogP contribution < -0.4 is 5.32 Å². The van der Waals surface area contributed by atoms with Gasteiger partial charge >= 0.3 is 0 Å². The van der Waals surface area contributed by atoms with Crippen molar-refractivity contribution in [3.8, 4) is 5.82 Å². The number of carbonyl (C=O) groups excluding carboxylic acids is 2. The Balaban J connectivity index is 1.57. The van der Waals surface area contributed by atoms with Crippen LogP contribution in [0.1, 0.15) is 39.3 Å². The van der Waals surface area contributed by atoms with Crippen molar-refractivity contribution in [2.45, 2.75) is 33.6 Å². The maximum absolute atomic E-state index is 12.5. The molecule has 0 radical (unpaired) electrons. The number of thiophene rings is 1. The smallest absolute Gasteiger partial charge is 0.225 e. The highest BCUT2D eigenvalue weighted by Crippen LogP contribution is 2.24. The zero-order valence-electron chi connectivity index (χ0n) is 17.1. The van der Waals surface area contributed by atoms with E-state index in [1.165, 1.54) is 11.3 Å². The van der Waals surface area contributed by atoms with Gasteiger partial charge in [0.1, 0.15) is 5.82 Å². The third kappa shape index (κ3) is 4.02. The summed E-state index contributed by atoms with van der Waals surface area (Å²) in [7, 11) is 0. The summed E-state index contributed by atoms with van der Waals surface area (Å²) in [5.74, 6) is 0.940. The molecule has 0 bridgehead atoms. The number of carbonyl (C=O) groups is 2. The van der Waals surface area contributed by atoms with Gasteiger partial charge in [0, 0.05) is 24.3 Å². The summed E-state index contributed by atoms with van der Waals surface area (Å²) in [5, 5.41) is 10.4. The Kier molecular flexibility index (Phi) is 5.46. The van der Waals surface area contributed by atoms with Gasteiger partial charge in [-0.3, -0.25) is 9.59 Å². The number of nitrogens with zero attached hydrogens (tertiary/aromatic N) is 3. The second kappa shape index (κ2) is 8.20. The summed E-state index contributed by atoms with van der Waals surface area (Å²) in [5.41, 5.74) is 3.86. The van der Waals surface area contributed by atoms with Crippen LogP contribution in [0.2, 0.25) is 0 Å². The van der Waals surface area contributed by atoms with Gasteiger partial charge in [0.25, 0.3) is 0 Å². The number of hydrogen-bond donors (Lipinski definition) is 1. The molecule has 4 rings (SSSR count). The number of rotatable bonds is 6. The number of ketones is 1. The van der Waals surface area contributed by atoms with Crippen molar-refractivity contribution in [1.29, 1.82) is 0 Å². The molecule has 0 aliphatic rings. The molecule has 30 heavy (non-hydrogen) atoms. The minimum absolute atomic E-state index is 0.0212. The summed E-state index contributed by atoms with van der Waals surface area (Å²) in [6.07, 6.45) is 0.288. The molecule has 1 aromatic carbocycles. The number of aryl methyl sites for hydroxylation is 3. The molecule has 0 spiro atoms. The van der Waals surface area contributed by atoms with E-state index in [-0.39, 0.29) is 24.5 Å². The Bertz CT molecular complexity index is 1240. The first kappa shape index (κ1) is 20.0. The molecule has 0 unspecified atom stereocenters. The topological polar surface area (TPSA) is 76.9 Å². The molecular weight excluding hydrogens is 396 g/mol. The lowest BCUT2D eigenvalue weighted by atomic mass is 10.1. The molecular formula is C23H22N4O2S. The standard InChI is InChI=1S/C23H22N4O2S/c1-14-6-4-7-17-15(2)12-20(25-23(14)17)27-21(13-16(3)26-27)24-22(29)10-9-18(28)19-8-5-11-30-19/h4-8,11-13H,9-10H2,1-3H3,(H,24,29). The maximum atomic E-state index is 12.5. The second-order valence-electron chi connectivity index (χ2n) is 7.30. The number of pyridine rings is 1. The highest BCUT2D eigenvalue weighted by molar-refractivity contribution is 7.12. The molecule has 0 saturated carbocycles. The van der Waals surface area contributed by atoms with Gasteiger partial charge in [-0.05, 0) is 49.4 Å². The molecule has 3 heterocycles. The van der Waals surface area contributed by atoms with Gasteiger partial charge in [-0.25, -0.2) is 4.98 Å². The SMILES string of the molecule is Cc1cc(NC(=O)CCC(=O)c2cccs2)n(-c2cc(C)c3cccc(C)c3n2)n1. The molecule has 7 heteroatoms. The van der Waals surface area contributed by atoms with Crippen LogP contribution in [0.15, 0.2) is 47.8 Å². The molecule has 4 aromatic rings. The third-order valence-corrected chi connectivity index (χ3v) is 5.84. The quantitative estimate of drug-likeness (QED) is 0.447. The number of benzene rings is 1. The number of fused-ring (bicyclic) bond motifs is 1. The molecule has 152 valence electrons. The minimum atomic E-state index is -0.227. The fourth-order valence-corrected chi connectivity index (χ4v) is 4.10. The predicted octanol–water partition coefficient (Wildman–Crippen LogP) is 5.01. The van der Waals surface area contributed by atoms with Gasteiger partial charge in [-0.1, -0.05) is 24.3 Å². The fraction of sp³-hybridized carbons (Fsp3) is 0.217. The molecule has 0 fully saturated rings. The molecule has 1 N–H and O–H groups in total. The lowest BCUT2D eigenvalue weighted by Crippen LogP contribution is -2.16. The van der Waals surface area contributed by atoms with Crippen molar-refractivity contribution in [1.82, 2.24) is 14.8 Å². The van der Waals surface area contributed by atoms with Crippen molar-refractivity contribution < 1.29 is 9.59 Å². The van der Waals surface area contributed by atoms with Crippen LogP contribution in [-0.4, -0.2) is 26.5 Å². The Morgan fingerprint density at radius 3 is 2.63 bits per heavy atom. The third-order valence-electron chi connectivity index (χ3n) is 4.93. The van der Waals surface area contributed by atoms with E-state index in [0.717, 1.165) is 27.7 Å². The number of amides is 1. The van der Waals surface area contributed by atoms with E-state index in [2.05, 4.69) is 16.5 Å². The minimum Gasteiger partial charge on any atom is -0.311 e. The number of nitrogens with one attached hydrogen (secondary N) is 1. The zero-order chi connectivity index (χ0) is 21.3. The Morgan fingerprint density at radius 2 is 1.87 bits per heavy atom. The fourth-order valence-electron chi connectivity index (χ4n) is 3.41. The van der Waals surface area contributed by atoms with Gasteiger partial charge in [-0.15, -0.1) is 11.3 Å². The zero-order valence-corrected chi connectivity index (χ0v) is 17.9. The van der Waals surface area contributed by atoms with E-state index < -0.39 is 0 Å². The highest BCUT2D eigenvalue weighted by Gasteiger charge is 2.15. The Hall–Kier alpha value is -3.32. The van der Waals surface area contributed by atoms with Crippen molar-refractivity contribution in [3.05, 3.63) is 69.5 Å². The van der Waals surface area contributed by atoms with Gasteiger partial charge in [0.2, 0.25) is 5.91 Å². The summed E-state index contributed by atoms with van der Waals surface area (Å²) >= 11 is 1.39. The predicted molar refractivity (Wildman–Crippen MR) is 120 cm³/mol. The van der Waals surface area contributed by atoms with Crippen LogP contribution in [0, 0.1) is 20.8 Å². The summed E-state index contributed by atoms with van der Waals surface area (Å²) < 4.78 is 1.65. The molecule has 6 nitrogen and oxygen atoms in total. The summed E-state index contributed by atoms with van der Waals surface area (Å²) in [6, 6.07) is 13.5. The lowest BCUT2D eigenvalue weighted by molar-refractivity contribution is -0.116. The van der Waals surface area contributed by atoms with Crippen molar-refractivity contribution in [3.63, 3.8) is 0 Å². The van der Waals surface area contributed by atoms with Crippen LogP contribution in [-0.2, 0) is 4.79 Å². The first-order chi connectivity index (χ1) is 14.4. The van der Waals surface area contributed by atoms with Crippen LogP contribution in [0.5, 0.6) is 0 Å². The molecule has 0 aliphatic heterocycles. The number of para-hydroxylation sites is 1. The highest BCUT2D eigenvalue weighted by atomic mass is 32.1. The molecule has 1 amide bonds. The van der Waals surface area contributed by atoms with Gasteiger partial charge in [0.05, 0.1) is 16.1 Å². The lowest BCUT2D eigenvalue weighted by Gasteiger charge is -2.11. The average molecular weight is 419 g/mol. The van der Waals surface area contributed by atoms with Gasteiger partial charge < -0.3 is 5.32 Å². The normalized spacial score (nSPS) is 11.0. The first-order valence-electron chi connectivity index (χ1n) is 9.73. The number of anilines is 1. The molecule has 0 aliphatic carbocycles. The first-order valence-corrected chi connectivity index (χ1v) is 10.6. The van der Waals surface area contributed by atoms with Crippen LogP contribution in [0.3, 0.4) is 0 Å². The van der Waals surface area contributed by atoms with E-state index in [9.17, 15) is 9.59 Å². The van der Waals surface area contributed by atoms with Gasteiger partial charge in [-0.2, -0.15) is 9.78 Å². The van der Waals surface area contributed by atoms with Crippen LogP contribution in [0.4, 0.5) is 5.82 Å². The largest absolute Gasteiger partial charge is 0.311 e. The average Bonchev–Trinajstić information content (AvgIpc) is 3.37. The van der Waals surface area contributed by atoms with E-state index >= 15 is 0 Å². The summed E-state index contributed by atoms with van der Waals surface area (Å²) in [4.78, 5) is 30.1. The number of aromatic nitrogens is 3. The second-order valence-corrected chi connectivity index (χ2v) is 8.25.